The summed E-state index contributed by atoms with van der Waals surface area (Å²) < 4.78 is 10.3. The van der Waals surface area contributed by atoms with Gasteiger partial charge in [0.2, 0.25) is 0 Å². The van der Waals surface area contributed by atoms with Gasteiger partial charge in [0, 0.05) is 0 Å². The van der Waals surface area contributed by atoms with E-state index in [1.54, 1.807) is 0 Å². The lowest BCUT2D eigenvalue weighted by Gasteiger charge is -2.14. The van der Waals surface area contributed by atoms with Crippen molar-refractivity contribution in [2.24, 2.45) is 5.92 Å². The molecule has 0 fully saturated rings. The Labute approximate surface area is 96.4 Å². The van der Waals surface area contributed by atoms with E-state index in [-0.39, 0.29) is 11.9 Å². The van der Waals surface area contributed by atoms with Crippen LogP contribution in [-0.2, 0) is 9.53 Å². The van der Waals surface area contributed by atoms with E-state index in [4.69, 9.17) is 9.47 Å². The molecule has 1 rings (SSSR count). The average molecular weight is 222 g/mol. The fourth-order valence-corrected chi connectivity index (χ4v) is 1.43. The van der Waals surface area contributed by atoms with Gasteiger partial charge in [0.05, 0.1) is 13.0 Å². The summed E-state index contributed by atoms with van der Waals surface area (Å²) in [5.74, 6) is 0.422. The van der Waals surface area contributed by atoms with E-state index in [9.17, 15) is 4.79 Å². The number of esters is 1. The van der Waals surface area contributed by atoms with Crippen LogP contribution >= 0.6 is 0 Å². The van der Waals surface area contributed by atoms with E-state index in [0.29, 0.717) is 6.61 Å². The van der Waals surface area contributed by atoms with Gasteiger partial charge in [-0.1, -0.05) is 25.1 Å². The molecule has 1 aromatic rings. The number of aryl methyl sites for hydroxylation is 1. The molecule has 88 valence electrons. The molecular formula is C13H18O3. The van der Waals surface area contributed by atoms with Gasteiger partial charge in [0.15, 0.2) is 0 Å². The highest BCUT2D eigenvalue weighted by molar-refractivity contribution is 5.72. The van der Waals surface area contributed by atoms with Crippen LogP contribution < -0.4 is 4.74 Å². The summed E-state index contributed by atoms with van der Waals surface area (Å²) in [6.45, 7) is 4.30. The van der Waals surface area contributed by atoms with Crippen molar-refractivity contribution >= 4 is 5.97 Å². The monoisotopic (exact) mass is 222 g/mol. The number of ether oxygens (including phenoxy) is 2. The lowest BCUT2D eigenvalue weighted by molar-refractivity contribution is -0.146. The molecule has 0 saturated carbocycles. The topological polar surface area (TPSA) is 35.5 Å². The van der Waals surface area contributed by atoms with Gasteiger partial charge in [0.25, 0.3) is 0 Å². The first-order valence-corrected chi connectivity index (χ1v) is 5.45. The van der Waals surface area contributed by atoms with Gasteiger partial charge in [-0.25, -0.2) is 0 Å². The van der Waals surface area contributed by atoms with Crippen LogP contribution in [0, 0.1) is 12.8 Å². The van der Waals surface area contributed by atoms with Gasteiger partial charge in [0.1, 0.15) is 12.4 Å². The molecule has 1 atom stereocenters. The molecule has 3 nitrogen and oxygen atoms in total. The number of carbonyl (C=O) groups is 1. The summed E-state index contributed by atoms with van der Waals surface area (Å²) in [6.07, 6.45) is 0.721. The molecule has 0 spiro atoms. The van der Waals surface area contributed by atoms with E-state index in [1.165, 1.54) is 7.11 Å². The second kappa shape index (κ2) is 6.16. The van der Waals surface area contributed by atoms with Gasteiger partial charge in [-0.15, -0.1) is 0 Å². The normalized spacial score (nSPS) is 11.9. The smallest absolute Gasteiger partial charge is 0.312 e. The van der Waals surface area contributed by atoms with E-state index in [1.807, 2.05) is 38.1 Å². The van der Waals surface area contributed by atoms with Gasteiger partial charge in [-0.2, -0.15) is 0 Å². The van der Waals surface area contributed by atoms with Crippen LogP contribution in [0.4, 0.5) is 0 Å². The van der Waals surface area contributed by atoms with Crippen molar-refractivity contribution < 1.29 is 14.3 Å². The third-order valence-corrected chi connectivity index (χ3v) is 2.56. The molecule has 0 aliphatic heterocycles. The van der Waals surface area contributed by atoms with E-state index < -0.39 is 0 Å². The van der Waals surface area contributed by atoms with Crippen molar-refractivity contribution in [3.8, 4) is 5.75 Å². The summed E-state index contributed by atoms with van der Waals surface area (Å²) >= 11 is 0. The van der Waals surface area contributed by atoms with Crippen LogP contribution in [0.15, 0.2) is 24.3 Å². The summed E-state index contributed by atoms with van der Waals surface area (Å²) in [6, 6.07) is 7.76. The van der Waals surface area contributed by atoms with Crippen LogP contribution in [0.2, 0.25) is 0 Å². The molecule has 0 saturated heterocycles. The summed E-state index contributed by atoms with van der Waals surface area (Å²) in [4.78, 5) is 11.3. The Morgan fingerprint density at radius 1 is 1.38 bits per heavy atom. The fourth-order valence-electron chi connectivity index (χ4n) is 1.43. The lowest BCUT2D eigenvalue weighted by atomic mass is 10.1. The van der Waals surface area contributed by atoms with Crippen LogP contribution in [0.1, 0.15) is 18.9 Å². The Morgan fingerprint density at radius 3 is 2.62 bits per heavy atom. The first-order valence-electron chi connectivity index (χ1n) is 5.45. The number of hydrogen-bond donors (Lipinski definition) is 0. The largest absolute Gasteiger partial charge is 0.492 e. The highest BCUT2D eigenvalue weighted by atomic mass is 16.5. The fraction of sp³-hybridized carbons (Fsp3) is 0.462. The standard InChI is InChI=1S/C13H18O3/c1-4-11(13(14)15-3)9-16-12-8-6-5-7-10(12)2/h5-8,11H,4,9H2,1-3H3. The number of carbonyl (C=O) groups excluding carboxylic acids is 1. The van der Waals surface area contributed by atoms with Crippen molar-refractivity contribution in [2.75, 3.05) is 13.7 Å². The maximum Gasteiger partial charge on any atom is 0.312 e. The molecular weight excluding hydrogens is 204 g/mol. The second-order valence-electron chi connectivity index (χ2n) is 3.70. The zero-order valence-electron chi connectivity index (χ0n) is 10.0. The lowest BCUT2D eigenvalue weighted by Crippen LogP contribution is -2.22. The number of hydrogen-bond acceptors (Lipinski definition) is 3. The van der Waals surface area contributed by atoms with Crippen LogP contribution in [0.3, 0.4) is 0 Å². The molecule has 1 aromatic carbocycles. The zero-order chi connectivity index (χ0) is 12.0. The molecule has 16 heavy (non-hydrogen) atoms. The van der Waals surface area contributed by atoms with Crippen LogP contribution in [0.25, 0.3) is 0 Å². The summed E-state index contributed by atoms with van der Waals surface area (Å²) in [5.41, 5.74) is 1.07. The Kier molecular flexibility index (Phi) is 4.83. The van der Waals surface area contributed by atoms with Gasteiger partial charge >= 0.3 is 5.97 Å². The molecule has 1 unspecified atom stereocenters. The predicted molar refractivity (Wildman–Crippen MR) is 62.5 cm³/mol. The quantitative estimate of drug-likeness (QED) is 0.718. The van der Waals surface area contributed by atoms with Crippen molar-refractivity contribution in [3.63, 3.8) is 0 Å². The third kappa shape index (κ3) is 3.26. The van der Waals surface area contributed by atoms with E-state index >= 15 is 0 Å². The number of rotatable bonds is 5. The SMILES string of the molecule is CCC(COc1ccccc1C)C(=O)OC. The molecule has 0 amide bonds. The second-order valence-corrected chi connectivity index (χ2v) is 3.70. The van der Waals surface area contributed by atoms with Crippen LogP contribution in [0.5, 0.6) is 5.75 Å². The summed E-state index contributed by atoms with van der Waals surface area (Å²) in [5, 5.41) is 0. The molecule has 0 radical (unpaired) electrons. The zero-order valence-corrected chi connectivity index (χ0v) is 10.0. The Bertz CT molecular complexity index is 347. The molecule has 0 bridgehead atoms. The van der Waals surface area contributed by atoms with Crippen molar-refractivity contribution in [1.82, 2.24) is 0 Å². The minimum absolute atomic E-state index is 0.190. The third-order valence-electron chi connectivity index (χ3n) is 2.56. The van der Waals surface area contributed by atoms with Crippen molar-refractivity contribution in [2.45, 2.75) is 20.3 Å². The first kappa shape index (κ1) is 12.6. The van der Waals surface area contributed by atoms with Gasteiger partial charge in [-0.05, 0) is 25.0 Å². The van der Waals surface area contributed by atoms with Gasteiger partial charge in [-0.3, -0.25) is 4.79 Å². The molecule has 0 aliphatic carbocycles. The highest BCUT2D eigenvalue weighted by Gasteiger charge is 2.17. The Hall–Kier alpha value is -1.51. The molecule has 0 aliphatic rings. The minimum Gasteiger partial charge on any atom is -0.492 e. The maximum absolute atomic E-state index is 11.3. The number of para-hydroxylation sites is 1. The van der Waals surface area contributed by atoms with Crippen LogP contribution in [-0.4, -0.2) is 19.7 Å². The molecule has 0 aromatic heterocycles. The summed E-state index contributed by atoms with van der Waals surface area (Å²) in [7, 11) is 1.40. The Morgan fingerprint density at radius 2 is 2.06 bits per heavy atom. The Balaban J connectivity index is 2.56. The molecule has 0 heterocycles. The van der Waals surface area contributed by atoms with E-state index in [2.05, 4.69) is 0 Å². The minimum atomic E-state index is -0.212. The molecule has 3 heteroatoms. The highest BCUT2D eigenvalue weighted by Crippen LogP contribution is 2.18. The average Bonchev–Trinajstić information content (AvgIpc) is 2.31. The predicted octanol–water partition coefficient (Wildman–Crippen LogP) is 2.57. The first-order chi connectivity index (χ1) is 7.69. The van der Waals surface area contributed by atoms with Crippen molar-refractivity contribution in [3.05, 3.63) is 29.8 Å². The number of benzene rings is 1. The van der Waals surface area contributed by atoms with E-state index in [0.717, 1.165) is 17.7 Å². The molecule has 0 N–H and O–H groups in total. The number of methoxy groups -OCH3 is 1. The maximum atomic E-state index is 11.3. The van der Waals surface area contributed by atoms with Gasteiger partial charge < -0.3 is 9.47 Å². The van der Waals surface area contributed by atoms with Crippen molar-refractivity contribution in [1.29, 1.82) is 0 Å².